The van der Waals surface area contributed by atoms with Crippen molar-refractivity contribution in [3.05, 3.63) is 71.3 Å². The molecule has 2 fully saturated rings. The van der Waals surface area contributed by atoms with Crippen molar-refractivity contribution in [1.29, 1.82) is 5.26 Å². The van der Waals surface area contributed by atoms with Crippen molar-refractivity contribution in [1.82, 2.24) is 9.62 Å². The summed E-state index contributed by atoms with van der Waals surface area (Å²) in [4.78, 5) is 15.0. The summed E-state index contributed by atoms with van der Waals surface area (Å²) in [5.41, 5.74) is 2.59. The van der Waals surface area contributed by atoms with E-state index in [1.54, 1.807) is 12.1 Å². The second-order valence-electron chi connectivity index (χ2n) is 8.96. The molecule has 1 aliphatic carbocycles. The highest BCUT2D eigenvalue weighted by atomic mass is 32.2. The Hall–Kier alpha value is -2.69. The second kappa shape index (κ2) is 9.85. The molecule has 1 unspecified atom stereocenters. The molecule has 2 aliphatic rings. The van der Waals surface area contributed by atoms with Crippen LogP contribution in [-0.4, -0.2) is 38.4 Å². The standard InChI is InChI=1S/C25H29N3O3S/c26-16-20-11-9-19(10-12-20)14-22-15-23(22)17-28-13-5-4-8-24(25(28)29)27-32(30,31)18-21-6-2-1-3-7-21/h1-3,6-7,9-12,22-24,27H,4-5,8,13-15,17-18H2/t22-,23?,24-/m0/s1. The van der Waals surface area contributed by atoms with Gasteiger partial charge in [-0.25, -0.2) is 13.1 Å². The number of rotatable bonds is 8. The van der Waals surface area contributed by atoms with E-state index in [-0.39, 0.29) is 11.7 Å². The Morgan fingerprint density at radius 1 is 1.00 bits per heavy atom. The zero-order valence-corrected chi connectivity index (χ0v) is 18.9. The molecular weight excluding hydrogens is 422 g/mol. The summed E-state index contributed by atoms with van der Waals surface area (Å²) < 4.78 is 28.0. The molecule has 4 rings (SSSR count). The van der Waals surface area contributed by atoms with Crippen molar-refractivity contribution in [2.45, 2.75) is 43.9 Å². The molecular formula is C25H29N3O3S. The first-order valence-corrected chi connectivity index (χ1v) is 12.9. The summed E-state index contributed by atoms with van der Waals surface area (Å²) in [6.07, 6.45) is 4.30. The zero-order chi connectivity index (χ0) is 22.6. The van der Waals surface area contributed by atoms with E-state index in [2.05, 4.69) is 10.8 Å². The van der Waals surface area contributed by atoms with Crippen LogP contribution in [0, 0.1) is 23.2 Å². The largest absolute Gasteiger partial charge is 0.341 e. The van der Waals surface area contributed by atoms with Crippen LogP contribution in [0.5, 0.6) is 0 Å². The van der Waals surface area contributed by atoms with Crippen LogP contribution in [0.1, 0.15) is 42.4 Å². The SMILES string of the molecule is N#Cc1ccc(C[C@H]2CC2CN2CCCC[C@H](NS(=O)(=O)Cc3ccccc3)C2=O)cc1. The number of hydrogen-bond donors (Lipinski definition) is 1. The smallest absolute Gasteiger partial charge is 0.240 e. The van der Waals surface area contributed by atoms with Crippen LogP contribution in [0.15, 0.2) is 54.6 Å². The molecule has 0 spiro atoms. The van der Waals surface area contributed by atoms with E-state index in [1.165, 1.54) is 5.56 Å². The number of likely N-dealkylation sites (tertiary alicyclic amines) is 1. The lowest BCUT2D eigenvalue weighted by Crippen LogP contribution is -2.48. The van der Waals surface area contributed by atoms with E-state index in [4.69, 9.17) is 5.26 Å². The summed E-state index contributed by atoms with van der Waals surface area (Å²) in [6, 6.07) is 18.2. The zero-order valence-electron chi connectivity index (χ0n) is 18.1. The Labute approximate surface area is 190 Å². The first-order chi connectivity index (χ1) is 15.4. The molecule has 0 bridgehead atoms. The fourth-order valence-corrected chi connectivity index (χ4v) is 5.90. The highest BCUT2D eigenvalue weighted by molar-refractivity contribution is 7.88. The average molecular weight is 452 g/mol. The predicted molar refractivity (Wildman–Crippen MR) is 123 cm³/mol. The first-order valence-electron chi connectivity index (χ1n) is 11.3. The molecule has 1 amide bonds. The third-order valence-electron chi connectivity index (χ3n) is 6.41. The van der Waals surface area contributed by atoms with Gasteiger partial charge >= 0.3 is 0 Å². The fraction of sp³-hybridized carbons (Fsp3) is 0.440. The number of hydrogen-bond acceptors (Lipinski definition) is 4. The topological polar surface area (TPSA) is 90.3 Å². The number of sulfonamides is 1. The lowest BCUT2D eigenvalue weighted by Gasteiger charge is -2.25. The molecule has 3 atom stereocenters. The number of nitrogens with zero attached hydrogens (tertiary/aromatic N) is 2. The molecule has 7 heteroatoms. The molecule has 2 aromatic carbocycles. The van der Waals surface area contributed by atoms with Crippen LogP contribution in [0.25, 0.3) is 0 Å². The highest BCUT2D eigenvalue weighted by Crippen LogP contribution is 2.42. The quantitative estimate of drug-likeness (QED) is 0.667. The molecule has 0 radical (unpaired) electrons. The highest BCUT2D eigenvalue weighted by Gasteiger charge is 2.40. The molecule has 2 aromatic rings. The Morgan fingerprint density at radius 3 is 2.47 bits per heavy atom. The van der Waals surface area contributed by atoms with Crippen LogP contribution in [0.3, 0.4) is 0 Å². The molecule has 0 aromatic heterocycles. The van der Waals surface area contributed by atoms with Crippen molar-refractivity contribution in [3.63, 3.8) is 0 Å². The maximum atomic E-state index is 13.1. The summed E-state index contributed by atoms with van der Waals surface area (Å²) >= 11 is 0. The Bertz CT molecular complexity index is 1080. The minimum atomic E-state index is -3.60. The van der Waals surface area contributed by atoms with Crippen molar-refractivity contribution in [3.8, 4) is 6.07 Å². The van der Waals surface area contributed by atoms with Crippen molar-refractivity contribution >= 4 is 15.9 Å². The maximum absolute atomic E-state index is 13.1. The van der Waals surface area contributed by atoms with Crippen LogP contribution in [0.2, 0.25) is 0 Å². The van der Waals surface area contributed by atoms with Crippen LogP contribution in [-0.2, 0) is 27.0 Å². The van der Waals surface area contributed by atoms with Gasteiger partial charge in [-0.15, -0.1) is 0 Å². The molecule has 6 nitrogen and oxygen atoms in total. The van der Waals surface area contributed by atoms with Gasteiger partial charge in [-0.2, -0.15) is 5.26 Å². The summed E-state index contributed by atoms with van der Waals surface area (Å²) in [7, 11) is -3.60. The number of nitriles is 1. The van der Waals surface area contributed by atoms with Crippen molar-refractivity contribution < 1.29 is 13.2 Å². The Kier molecular flexibility index (Phi) is 6.92. The molecule has 1 saturated carbocycles. The third-order valence-corrected chi connectivity index (χ3v) is 7.76. The normalized spacial score (nSPS) is 23.4. The summed E-state index contributed by atoms with van der Waals surface area (Å²) in [6.45, 7) is 1.38. The number of nitrogens with one attached hydrogen (secondary N) is 1. The molecule has 32 heavy (non-hydrogen) atoms. The number of benzene rings is 2. The second-order valence-corrected chi connectivity index (χ2v) is 10.7. The Morgan fingerprint density at radius 2 is 1.75 bits per heavy atom. The Balaban J connectivity index is 1.32. The van der Waals surface area contributed by atoms with Gasteiger partial charge in [0.1, 0.15) is 6.04 Å². The van der Waals surface area contributed by atoms with Gasteiger partial charge in [0.05, 0.1) is 17.4 Å². The lowest BCUT2D eigenvalue weighted by molar-refractivity contribution is -0.132. The van der Waals surface area contributed by atoms with Crippen molar-refractivity contribution in [2.75, 3.05) is 13.1 Å². The number of amides is 1. The number of carbonyl (C=O) groups excluding carboxylic acids is 1. The summed E-state index contributed by atoms with van der Waals surface area (Å²) in [5, 5.41) is 8.93. The van der Waals surface area contributed by atoms with Crippen LogP contribution in [0.4, 0.5) is 0 Å². The van der Waals surface area contributed by atoms with Gasteiger partial charge in [0.15, 0.2) is 0 Å². The molecule has 1 N–H and O–H groups in total. The molecule has 168 valence electrons. The van der Waals surface area contributed by atoms with Crippen LogP contribution >= 0.6 is 0 Å². The van der Waals surface area contributed by atoms with E-state index < -0.39 is 16.1 Å². The van der Waals surface area contributed by atoms with E-state index in [1.807, 2.05) is 47.4 Å². The maximum Gasteiger partial charge on any atom is 0.240 e. The van der Waals surface area contributed by atoms with E-state index >= 15 is 0 Å². The molecule has 1 saturated heterocycles. The van der Waals surface area contributed by atoms with Gasteiger partial charge in [-0.3, -0.25) is 4.79 Å². The van der Waals surface area contributed by atoms with Gasteiger partial charge in [0.25, 0.3) is 0 Å². The van der Waals surface area contributed by atoms with Crippen LogP contribution < -0.4 is 4.72 Å². The third kappa shape index (κ3) is 5.96. The summed E-state index contributed by atoms with van der Waals surface area (Å²) in [5.74, 6) is 0.775. The monoisotopic (exact) mass is 451 g/mol. The lowest BCUT2D eigenvalue weighted by atomic mass is 10.1. The van der Waals surface area contributed by atoms with Gasteiger partial charge in [0.2, 0.25) is 15.9 Å². The fourth-order valence-electron chi connectivity index (χ4n) is 4.53. The van der Waals surface area contributed by atoms with Gasteiger partial charge in [0, 0.05) is 13.1 Å². The molecule has 1 heterocycles. The minimum absolute atomic E-state index is 0.0943. The van der Waals surface area contributed by atoms with Gasteiger partial charge < -0.3 is 4.90 Å². The predicted octanol–water partition coefficient (Wildman–Crippen LogP) is 3.24. The van der Waals surface area contributed by atoms with Crippen molar-refractivity contribution in [2.24, 2.45) is 11.8 Å². The number of carbonyl (C=O) groups is 1. The average Bonchev–Trinajstić information content (AvgIpc) is 3.54. The van der Waals surface area contributed by atoms with E-state index in [0.29, 0.717) is 42.5 Å². The minimum Gasteiger partial charge on any atom is -0.341 e. The van der Waals surface area contributed by atoms with E-state index in [0.717, 1.165) is 25.7 Å². The van der Waals surface area contributed by atoms with Gasteiger partial charge in [-0.05, 0) is 67.2 Å². The van der Waals surface area contributed by atoms with Gasteiger partial charge in [-0.1, -0.05) is 42.5 Å². The van der Waals surface area contributed by atoms with E-state index in [9.17, 15) is 13.2 Å². The first kappa shape index (κ1) is 22.5. The molecule has 1 aliphatic heterocycles.